The van der Waals surface area contributed by atoms with Crippen LogP contribution >= 0.6 is 11.9 Å². The number of aldehydes is 2. The average molecular weight is 399 g/mol. The Bertz CT molecular complexity index is 329. The second-order valence-corrected chi connectivity index (χ2v) is 9.04. The van der Waals surface area contributed by atoms with Crippen molar-refractivity contribution in [3.8, 4) is 0 Å². The van der Waals surface area contributed by atoms with E-state index in [9.17, 15) is 9.59 Å². The van der Waals surface area contributed by atoms with Crippen molar-refractivity contribution >= 4 is 24.5 Å². The summed E-state index contributed by atoms with van der Waals surface area (Å²) in [4.78, 5) is 23.3. The molecule has 27 heavy (non-hydrogen) atoms. The van der Waals surface area contributed by atoms with Crippen LogP contribution in [0.25, 0.3) is 0 Å². The van der Waals surface area contributed by atoms with Crippen LogP contribution in [-0.2, 0) is 9.59 Å². The summed E-state index contributed by atoms with van der Waals surface area (Å²) in [5.41, 5.74) is 0. The van der Waals surface area contributed by atoms with Crippen LogP contribution in [0.1, 0.15) is 96.3 Å². The smallest absolute Gasteiger partial charge is 0.119 e. The number of nitrogens with one attached hydrogen (secondary N) is 1. The predicted molar refractivity (Wildman–Crippen MR) is 117 cm³/mol. The Hall–Kier alpha value is -0.390. The maximum atomic E-state index is 10.3. The van der Waals surface area contributed by atoms with E-state index in [1.165, 1.54) is 90.3 Å². The lowest BCUT2D eigenvalue weighted by atomic mass is 10.1. The lowest BCUT2D eigenvalue weighted by molar-refractivity contribution is -0.108. The van der Waals surface area contributed by atoms with Crippen molar-refractivity contribution in [2.75, 3.05) is 26.2 Å². The summed E-state index contributed by atoms with van der Waals surface area (Å²) in [5, 5.41) is 0.888. The monoisotopic (exact) mass is 398 g/mol. The second kappa shape index (κ2) is 18.9. The molecule has 1 aliphatic carbocycles. The summed E-state index contributed by atoms with van der Waals surface area (Å²) in [6.45, 7) is 4.76. The Balaban J connectivity index is 2.05. The quantitative estimate of drug-likeness (QED) is 0.155. The fourth-order valence-electron chi connectivity index (χ4n) is 3.26. The Kier molecular flexibility index (Phi) is 17.3. The zero-order valence-electron chi connectivity index (χ0n) is 17.3. The van der Waals surface area contributed by atoms with Crippen molar-refractivity contribution in [2.24, 2.45) is 0 Å². The highest BCUT2D eigenvalue weighted by atomic mass is 32.2. The summed E-state index contributed by atoms with van der Waals surface area (Å²) in [7, 11) is 0. The number of hydrogen-bond donors (Lipinski definition) is 1. The van der Waals surface area contributed by atoms with Crippen LogP contribution in [0.4, 0.5) is 0 Å². The molecule has 0 amide bonds. The number of rotatable bonds is 22. The fraction of sp³-hybridized carbons (Fsp3) is 0.909. The van der Waals surface area contributed by atoms with Gasteiger partial charge >= 0.3 is 0 Å². The molecule has 0 bridgehead atoms. The van der Waals surface area contributed by atoms with Gasteiger partial charge in [-0.25, -0.2) is 0 Å². The van der Waals surface area contributed by atoms with Crippen LogP contribution in [0, 0.1) is 0 Å². The highest BCUT2D eigenvalue weighted by Gasteiger charge is 2.21. The van der Waals surface area contributed by atoms with Crippen molar-refractivity contribution in [1.82, 2.24) is 9.62 Å². The molecule has 1 rings (SSSR count). The molecule has 0 unspecified atom stereocenters. The first-order chi connectivity index (χ1) is 13.4. The molecule has 1 aliphatic rings. The zero-order chi connectivity index (χ0) is 19.4. The molecular formula is C22H42N2O2S. The zero-order valence-corrected chi connectivity index (χ0v) is 18.2. The molecule has 4 nitrogen and oxygen atoms in total. The van der Waals surface area contributed by atoms with Gasteiger partial charge in [-0.1, -0.05) is 50.5 Å². The first-order valence-electron chi connectivity index (χ1n) is 11.3. The van der Waals surface area contributed by atoms with Gasteiger partial charge in [0.05, 0.1) is 0 Å². The number of carbonyl (C=O) groups excluding carboxylic acids is 2. The van der Waals surface area contributed by atoms with Crippen LogP contribution in [0.5, 0.6) is 0 Å². The molecular weight excluding hydrogens is 356 g/mol. The lowest BCUT2D eigenvalue weighted by Crippen LogP contribution is -2.29. The van der Waals surface area contributed by atoms with Gasteiger partial charge in [-0.15, -0.1) is 0 Å². The highest BCUT2D eigenvalue weighted by molar-refractivity contribution is 7.98. The van der Waals surface area contributed by atoms with E-state index in [1.807, 2.05) is 11.9 Å². The summed E-state index contributed by atoms with van der Waals surface area (Å²) in [5.74, 6) is 0. The summed E-state index contributed by atoms with van der Waals surface area (Å²) >= 11 is 1.94. The van der Waals surface area contributed by atoms with E-state index in [2.05, 4.69) is 9.62 Å². The van der Waals surface area contributed by atoms with Gasteiger partial charge in [0.15, 0.2) is 0 Å². The Morgan fingerprint density at radius 2 is 1.19 bits per heavy atom. The number of unbranched alkanes of at least 4 members (excludes halogenated alkanes) is 10. The Morgan fingerprint density at radius 3 is 1.70 bits per heavy atom. The minimum Gasteiger partial charge on any atom is -0.303 e. The molecule has 158 valence electrons. The van der Waals surface area contributed by atoms with Crippen molar-refractivity contribution in [3.05, 3.63) is 0 Å². The van der Waals surface area contributed by atoms with E-state index >= 15 is 0 Å². The largest absolute Gasteiger partial charge is 0.303 e. The van der Waals surface area contributed by atoms with E-state index in [0.29, 0.717) is 0 Å². The predicted octanol–water partition coefficient (Wildman–Crippen LogP) is 5.16. The summed E-state index contributed by atoms with van der Waals surface area (Å²) in [6.07, 6.45) is 19.7. The molecule has 0 atom stereocenters. The van der Waals surface area contributed by atoms with Gasteiger partial charge in [-0.2, -0.15) is 0 Å². The number of nitrogens with zero attached hydrogens (tertiary/aromatic N) is 1. The minimum atomic E-state index is 0.727. The summed E-state index contributed by atoms with van der Waals surface area (Å²) < 4.78 is 3.53. The molecule has 0 heterocycles. The topological polar surface area (TPSA) is 49.4 Å². The first-order valence-corrected chi connectivity index (χ1v) is 12.2. The first kappa shape index (κ1) is 24.6. The van der Waals surface area contributed by atoms with E-state index < -0.39 is 0 Å². The third-order valence-corrected chi connectivity index (χ3v) is 6.30. The summed E-state index contributed by atoms with van der Waals surface area (Å²) in [6, 6.07) is 0. The average Bonchev–Trinajstić information content (AvgIpc) is 3.50. The molecule has 0 saturated heterocycles. The van der Waals surface area contributed by atoms with Gasteiger partial charge in [-0.3, -0.25) is 4.72 Å². The van der Waals surface area contributed by atoms with E-state index in [0.717, 1.165) is 50.1 Å². The van der Waals surface area contributed by atoms with Crippen LogP contribution in [0.3, 0.4) is 0 Å². The molecule has 0 spiro atoms. The standard InChI is InChI=1S/C22H42N2O2S/c25-20-11-7-3-1-5-9-17-24(18-10-6-2-4-8-12-21-26)19-13-16-23-27-22-14-15-22/h20-23H,1-19H2. The van der Waals surface area contributed by atoms with Gasteiger partial charge in [0, 0.05) is 24.6 Å². The fourth-order valence-corrected chi connectivity index (χ4v) is 4.13. The Morgan fingerprint density at radius 1 is 0.704 bits per heavy atom. The molecule has 1 saturated carbocycles. The minimum absolute atomic E-state index is 0.727. The second-order valence-electron chi connectivity index (χ2n) is 7.85. The molecule has 0 aromatic heterocycles. The molecule has 1 N–H and O–H groups in total. The lowest BCUT2D eigenvalue weighted by Gasteiger charge is -2.22. The molecule has 0 aliphatic heterocycles. The van der Waals surface area contributed by atoms with E-state index in [-0.39, 0.29) is 0 Å². The van der Waals surface area contributed by atoms with Crippen molar-refractivity contribution in [3.63, 3.8) is 0 Å². The molecule has 0 radical (unpaired) electrons. The third kappa shape index (κ3) is 17.4. The third-order valence-electron chi connectivity index (χ3n) is 5.12. The van der Waals surface area contributed by atoms with Gasteiger partial charge in [0.25, 0.3) is 0 Å². The van der Waals surface area contributed by atoms with Crippen LogP contribution < -0.4 is 4.72 Å². The van der Waals surface area contributed by atoms with Gasteiger partial charge in [0.2, 0.25) is 0 Å². The van der Waals surface area contributed by atoms with E-state index in [4.69, 9.17) is 0 Å². The SMILES string of the molecule is O=CCCCCCCCN(CCCCCCCC=O)CCCNSC1CC1. The molecule has 0 aromatic rings. The highest BCUT2D eigenvalue weighted by Crippen LogP contribution is 2.31. The maximum absolute atomic E-state index is 10.3. The normalized spacial score (nSPS) is 14.0. The van der Waals surface area contributed by atoms with Crippen molar-refractivity contribution in [1.29, 1.82) is 0 Å². The Labute approximate surface area is 171 Å². The van der Waals surface area contributed by atoms with Gasteiger partial charge < -0.3 is 14.5 Å². The van der Waals surface area contributed by atoms with E-state index in [1.54, 1.807) is 0 Å². The van der Waals surface area contributed by atoms with Crippen LogP contribution in [0.2, 0.25) is 0 Å². The number of hydrogen-bond acceptors (Lipinski definition) is 5. The van der Waals surface area contributed by atoms with Crippen molar-refractivity contribution < 1.29 is 9.59 Å². The molecule has 0 aromatic carbocycles. The van der Waals surface area contributed by atoms with Gasteiger partial charge in [0.1, 0.15) is 12.6 Å². The van der Waals surface area contributed by atoms with Crippen LogP contribution in [0.15, 0.2) is 0 Å². The van der Waals surface area contributed by atoms with Gasteiger partial charge in [-0.05, 0) is 64.6 Å². The molecule has 5 heteroatoms. The molecule has 1 fully saturated rings. The van der Waals surface area contributed by atoms with Crippen molar-refractivity contribution in [2.45, 2.75) is 102 Å². The maximum Gasteiger partial charge on any atom is 0.119 e. The van der Waals surface area contributed by atoms with Crippen LogP contribution in [-0.4, -0.2) is 48.9 Å². The number of carbonyl (C=O) groups is 2.